The van der Waals surface area contributed by atoms with Crippen LogP contribution in [0.2, 0.25) is 0 Å². The lowest BCUT2D eigenvalue weighted by Gasteiger charge is -2.34. The molecule has 6 nitrogen and oxygen atoms in total. The van der Waals surface area contributed by atoms with Crippen molar-refractivity contribution in [3.05, 3.63) is 35.9 Å². The fourth-order valence-corrected chi connectivity index (χ4v) is 2.96. The van der Waals surface area contributed by atoms with E-state index in [1.807, 2.05) is 18.2 Å². The molecule has 2 aliphatic heterocycles. The standard InChI is InChI=1S/C17H22N2O4/c1-12-15(16(20)22-12)18-17(21)23-14-7-9-19(10-8-14)11-13-5-3-2-4-6-13/h2-6,12,14-15H,7-11H2,1H3,(H,18,21)/t12-,15+/m0/s1. The van der Waals surface area contributed by atoms with Crippen LogP contribution in [0.5, 0.6) is 0 Å². The summed E-state index contributed by atoms with van der Waals surface area (Å²) in [5, 5.41) is 2.56. The molecule has 23 heavy (non-hydrogen) atoms. The zero-order valence-electron chi connectivity index (χ0n) is 13.2. The molecule has 0 unspecified atom stereocenters. The molecule has 2 aliphatic rings. The van der Waals surface area contributed by atoms with Crippen LogP contribution in [0.3, 0.4) is 0 Å². The van der Waals surface area contributed by atoms with Gasteiger partial charge in [0.15, 0.2) is 6.04 Å². The summed E-state index contributed by atoms with van der Waals surface area (Å²) >= 11 is 0. The Morgan fingerprint density at radius 3 is 2.61 bits per heavy atom. The number of carbonyl (C=O) groups excluding carboxylic acids is 2. The summed E-state index contributed by atoms with van der Waals surface area (Å²) in [6.45, 7) is 4.46. The van der Waals surface area contributed by atoms with Crippen LogP contribution in [0, 0.1) is 0 Å². The van der Waals surface area contributed by atoms with Crippen molar-refractivity contribution in [1.29, 1.82) is 0 Å². The Balaban J connectivity index is 1.39. The average molecular weight is 318 g/mol. The number of hydrogen-bond acceptors (Lipinski definition) is 5. The Bertz CT molecular complexity index is 555. The van der Waals surface area contributed by atoms with E-state index >= 15 is 0 Å². The van der Waals surface area contributed by atoms with Crippen LogP contribution in [-0.4, -0.2) is 48.3 Å². The number of piperidine rings is 1. The van der Waals surface area contributed by atoms with E-state index in [2.05, 4.69) is 22.3 Å². The third-order valence-electron chi connectivity index (χ3n) is 4.36. The predicted octanol–water partition coefficient (Wildman–Crippen LogP) is 1.69. The minimum Gasteiger partial charge on any atom is -0.458 e. The van der Waals surface area contributed by atoms with Crippen LogP contribution in [0.15, 0.2) is 30.3 Å². The Labute approximate surface area is 135 Å². The van der Waals surface area contributed by atoms with Gasteiger partial charge in [-0.25, -0.2) is 9.59 Å². The lowest BCUT2D eigenvalue weighted by Crippen LogP contribution is -2.59. The number of nitrogens with zero attached hydrogens (tertiary/aromatic N) is 1. The predicted molar refractivity (Wildman–Crippen MR) is 83.7 cm³/mol. The number of esters is 1. The first-order valence-corrected chi connectivity index (χ1v) is 8.06. The van der Waals surface area contributed by atoms with Crippen molar-refractivity contribution >= 4 is 12.1 Å². The number of likely N-dealkylation sites (tertiary alicyclic amines) is 1. The zero-order valence-corrected chi connectivity index (χ0v) is 13.2. The van der Waals surface area contributed by atoms with Crippen LogP contribution in [-0.2, 0) is 20.8 Å². The highest BCUT2D eigenvalue weighted by Gasteiger charge is 2.41. The smallest absolute Gasteiger partial charge is 0.408 e. The number of rotatable bonds is 4. The van der Waals surface area contributed by atoms with E-state index in [9.17, 15) is 9.59 Å². The minimum absolute atomic E-state index is 0.0894. The van der Waals surface area contributed by atoms with Crippen LogP contribution in [0.4, 0.5) is 4.79 Å². The van der Waals surface area contributed by atoms with Crippen LogP contribution < -0.4 is 5.32 Å². The molecular weight excluding hydrogens is 296 g/mol. The first-order chi connectivity index (χ1) is 11.1. The molecular formula is C17H22N2O4. The molecule has 0 spiro atoms. The van der Waals surface area contributed by atoms with E-state index in [1.165, 1.54) is 5.56 Å². The fourth-order valence-electron chi connectivity index (χ4n) is 2.96. The summed E-state index contributed by atoms with van der Waals surface area (Å²) in [4.78, 5) is 25.4. The summed E-state index contributed by atoms with van der Waals surface area (Å²) in [5.41, 5.74) is 1.29. The quantitative estimate of drug-likeness (QED) is 0.856. The van der Waals surface area contributed by atoms with Crippen molar-refractivity contribution < 1.29 is 19.1 Å². The van der Waals surface area contributed by atoms with Crippen molar-refractivity contribution in [3.8, 4) is 0 Å². The molecule has 0 aliphatic carbocycles. The van der Waals surface area contributed by atoms with Gasteiger partial charge in [0, 0.05) is 19.6 Å². The van der Waals surface area contributed by atoms with Gasteiger partial charge in [-0.2, -0.15) is 0 Å². The Morgan fingerprint density at radius 2 is 2.00 bits per heavy atom. The van der Waals surface area contributed by atoms with Crippen molar-refractivity contribution in [2.24, 2.45) is 0 Å². The molecule has 124 valence electrons. The van der Waals surface area contributed by atoms with Gasteiger partial charge >= 0.3 is 12.1 Å². The molecule has 0 radical (unpaired) electrons. The molecule has 2 fully saturated rings. The maximum absolute atomic E-state index is 11.8. The topological polar surface area (TPSA) is 67.9 Å². The SMILES string of the molecule is C[C@@H]1OC(=O)[C@@H]1NC(=O)OC1CCN(Cc2ccccc2)CC1. The second-order valence-corrected chi connectivity index (χ2v) is 6.13. The number of hydrogen-bond donors (Lipinski definition) is 1. The van der Waals surface area contributed by atoms with E-state index in [1.54, 1.807) is 6.92 Å². The van der Waals surface area contributed by atoms with Gasteiger partial charge in [0.05, 0.1) is 0 Å². The molecule has 0 saturated carbocycles. The number of carbonyl (C=O) groups is 2. The van der Waals surface area contributed by atoms with E-state index < -0.39 is 18.1 Å². The van der Waals surface area contributed by atoms with E-state index in [4.69, 9.17) is 9.47 Å². The van der Waals surface area contributed by atoms with Gasteiger partial charge in [0.25, 0.3) is 0 Å². The Kier molecular flexibility index (Phi) is 4.81. The van der Waals surface area contributed by atoms with Gasteiger partial charge in [0.2, 0.25) is 0 Å². The van der Waals surface area contributed by atoms with Gasteiger partial charge in [-0.3, -0.25) is 4.90 Å². The maximum Gasteiger partial charge on any atom is 0.408 e. The van der Waals surface area contributed by atoms with Gasteiger partial charge in [-0.05, 0) is 25.3 Å². The minimum atomic E-state index is -0.569. The lowest BCUT2D eigenvalue weighted by atomic mass is 10.1. The highest BCUT2D eigenvalue weighted by Crippen LogP contribution is 2.18. The molecule has 1 aromatic rings. The number of benzene rings is 1. The molecule has 1 aromatic carbocycles. The lowest BCUT2D eigenvalue weighted by molar-refractivity contribution is -0.174. The molecule has 0 bridgehead atoms. The fraction of sp³-hybridized carbons (Fsp3) is 0.529. The molecule has 2 atom stereocenters. The summed E-state index contributed by atoms with van der Waals surface area (Å²) in [6, 6.07) is 9.77. The van der Waals surface area contributed by atoms with E-state index in [-0.39, 0.29) is 12.2 Å². The highest BCUT2D eigenvalue weighted by molar-refractivity contribution is 5.86. The van der Waals surface area contributed by atoms with Gasteiger partial charge < -0.3 is 14.8 Å². The molecule has 0 aromatic heterocycles. The average Bonchev–Trinajstić information content (AvgIpc) is 2.56. The largest absolute Gasteiger partial charge is 0.458 e. The zero-order chi connectivity index (χ0) is 16.2. The second kappa shape index (κ2) is 7.00. The van der Waals surface area contributed by atoms with Crippen LogP contribution >= 0.6 is 0 Å². The number of cyclic esters (lactones) is 1. The summed E-state index contributed by atoms with van der Waals surface area (Å²) in [7, 11) is 0. The highest BCUT2D eigenvalue weighted by atomic mass is 16.6. The third-order valence-corrected chi connectivity index (χ3v) is 4.36. The number of alkyl carbamates (subject to hydrolysis) is 1. The molecule has 2 heterocycles. The normalized spacial score (nSPS) is 25.3. The Morgan fingerprint density at radius 1 is 1.30 bits per heavy atom. The van der Waals surface area contributed by atoms with Gasteiger partial charge in [-0.1, -0.05) is 30.3 Å². The first-order valence-electron chi connectivity index (χ1n) is 8.06. The molecule has 6 heteroatoms. The van der Waals surface area contributed by atoms with Crippen LogP contribution in [0.25, 0.3) is 0 Å². The third kappa shape index (κ3) is 4.01. The molecule has 1 N–H and O–H groups in total. The van der Waals surface area contributed by atoms with Gasteiger partial charge in [-0.15, -0.1) is 0 Å². The summed E-state index contributed by atoms with van der Waals surface area (Å²) in [6.07, 6.45) is 0.728. The number of amides is 1. The maximum atomic E-state index is 11.8. The summed E-state index contributed by atoms with van der Waals surface area (Å²) in [5.74, 6) is -0.396. The Hall–Kier alpha value is -2.08. The number of ether oxygens (including phenoxy) is 2. The number of nitrogens with one attached hydrogen (secondary N) is 1. The van der Waals surface area contributed by atoms with Crippen molar-refractivity contribution in [3.63, 3.8) is 0 Å². The molecule has 3 rings (SSSR count). The monoisotopic (exact) mass is 318 g/mol. The molecule has 1 amide bonds. The molecule has 2 saturated heterocycles. The summed E-state index contributed by atoms with van der Waals surface area (Å²) < 4.78 is 10.2. The van der Waals surface area contributed by atoms with Crippen LogP contribution in [0.1, 0.15) is 25.3 Å². The van der Waals surface area contributed by atoms with E-state index in [0.717, 1.165) is 32.5 Å². The first kappa shape index (κ1) is 15.8. The van der Waals surface area contributed by atoms with Crippen molar-refractivity contribution in [2.75, 3.05) is 13.1 Å². The second-order valence-electron chi connectivity index (χ2n) is 6.13. The van der Waals surface area contributed by atoms with Crippen molar-refractivity contribution in [2.45, 2.75) is 44.6 Å². The van der Waals surface area contributed by atoms with Gasteiger partial charge in [0.1, 0.15) is 12.2 Å². The van der Waals surface area contributed by atoms with E-state index in [0.29, 0.717) is 0 Å². The van der Waals surface area contributed by atoms with Crippen molar-refractivity contribution in [1.82, 2.24) is 10.2 Å².